The summed E-state index contributed by atoms with van der Waals surface area (Å²) in [5.74, 6) is -1.20. The van der Waals surface area contributed by atoms with Gasteiger partial charge in [0, 0.05) is 24.0 Å². The lowest BCUT2D eigenvalue weighted by Crippen LogP contribution is -2.16. The van der Waals surface area contributed by atoms with Crippen molar-refractivity contribution in [2.75, 3.05) is 0 Å². The summed E-state index contributed by atoms with van der Waals surface area (Å²) in [6.07, 6.45) is 4.34. The molecule has 0 aliphatic rings. The molecule has 0 amide bonds. The van der Waals surface area contributed by atoms with Gasteiger partial charge < -0.3 is 9.84 Å². The number of hydrogen-bond acceptors (Lipinski definition) is 6. The second kappa shape index (κ2) is 6.52. The predicted octanol–water partition coefficient (Wildman–Crippen LogP) is 2.14. The molecule has 0 spiro atoms. The van der Waals surface area contributed by atoms with Crippen molar-refractivity contribution >= 4 is 0 Å². The Labute approximate surface area is 141 Å². The molecule has 130 valence electrons. The molecule has 1 aromatic carbocycles. The van der Waals surface area contributed by atoms with Gasteiger partial charge in [0.25, 0.3) is 0 Å². The quantitative estimate of drug-likeness (QED) is 0.761. The van der Waals surface area contributed by atoms with E-state index in [9.17, 15) is 13.9 Å². The highest BCUT2D eigenvalue weighted by Gasteiger charge is 2.17. The van der Waals surface area contributed by atoms with E-state index < -0.39 is 17.2 Å². The summed E-state index contributed by atoms with van der Waals surface area (Å²) in [7, 11) is 0. The van der Waals surface area contributed by atoms with E-state index in [0.29, 0.717) is 11.3 Å². The molecular formula is C16H15F2N5O2. The maximum Gasteiger partial charge on any atom is 0.316 e. The van der Waals surface area contributed by atoms with E-state index in [1.54, 1.807) is 13.8 Å². The summed E-state index contributed by atoms with van der Waals surface area (Å²) in [4.78, 5) is 7.99. The van der Waals surface area contributed by atoms with Gasteiger partial charge in [-0.2, -0.15) is 0 Å². The van der Waals surface area contributed by atoms with E-state index in [0.717, 1.165) is 22.9 Å². The van der Waals surface area contributed by atoms with Crippen LogP contribution in [-0.2, 0) is 12.2 Å². The molecule has 0 saturated carbocycles. The average Bonchev–Trinajstić information content (AvgIpc) is 3.03. The minimum absolute atomic E-state index is 0.00119. The third kappa shape index (κ3) is 3.94. The molecule has 0 aliphatic heterocycles. The number of benzene rings is 1. The van der Waals surface area contributed by atoms with Crippen molar-refractivity contribution in [3.05, 3.63) is 59.7 Å². The van der Waals surface area contributed by atoms with Crippen molar-refractivity contribution < 1.29 is 18.6 Å². The Kier molecular flexibility index (Phi) is 4.41. The summed E-state index contributed by atoms with van der Waals surface area (Å²) in [6.45, 7) is 3.24. The predicted molar refractivity (Wildman–Crippen MR) is 82.9 cm³/mol. The molecule has 0 bridgehead atoms. The summed E-state index contributed by atoms with van der Waals surface area (Å²) in [5, 5.41) is 17.4. The fourth-order valence-corrected chi connectivity index (χ4v) is 1.99. The van der Waals surface area contributed by atoms with Gasteiger partial charge in [-0.15, -0.1) is 5.10 Å². The number of aromatic nitrogens is 5. The van der Waals surface area contributed by atoms with E-state index >= 15 is 0 Å². The highest BCUT2D eigenvalue weighted by molar-refractivity contribution is 5.33. The Morgan fingerprint density at radius 1 is 1.20 bits per heavy atom. The van der Waals surface area contributed by atoms with Crippen LogP contribution in [0.25, 0.3) is 5.69 Å². The molecular weight excluding hydrogens is 332 g/mol. The Morgan fingerprint density at radius 3 is 2.60 bits per heavy atom. The van der Waals surface area contributed by atoms with Crippen molar-refractivity contribution in [2.45, 2.75) is 26.1 Å². The molecule has 1 N–H and O–H groups in total. The molecule has 2 heterocycles. The van der Waals surface area contributed by atoms with Gasteiger partial charge >= 0.3 is 6.01 Å². The smallest absolute Gasteiger partial charge is 0.316 e. The standard InChI is InChI=1S/C16H15F2N5O2/c1-16(2,24)10-6-19-15(20-7-10)25-9-12-8-23(22-21-12)14-5-11(17)3-4-13(14)18/h3-8,24H,9H2,1-2H3. The normalized spacial score (nSPS) is 11.6. The molecule has 0 radical (unpaired) electrons. The van der Waals surface area contributed by atoms with Gasteiger partial charge in [-0.25, -0.2) is 23.4 Å². The van der Waals surface area contributed by atoms with Gasteiger partial charge in [-0.1, -0.05) is 5.21 Å². The van der Waals surface area contributed by atoms with Crippen LogP contribution in [0.3, 0.4) is 0 Å². The van der Waals surface area contributed by atoms with Crippen molar-refractivity contribution in [3.63, 3.8) is 0 Å². The van der Waals surface area contributed by atoms with E-state index in [-0.39, 0.29) is 18.3 Å². The zero-order chi connectivity index (χ0) is 18.0. The van der Waals surface area contributed by atoms with Gasteiger partial charge in [-0.05, 0) is 26.0 Å². The van der Waals surface area contributed by atoms with Crippen molar-refractivity contribution in [1.29, 1.82) is 0 Å². The number of halogens is 2. The Morgan fingerprint density at radius 2 is 1.92 bits per heavy atom. The van der Waals surface area contributed by atoms with E-state index in [2.05, 4.69) is 20.3 Å². The van der Waals surface area contributed by atoms with E-state index in [4.69, 9.17) is 4.74 Å². The molecule has 0 saturated heterocycles. The highest BCUT2D eigenvalue weighted by atomic mass is 19.1. The van der Waals surface area contributed by atoms with Gasteiger partial charge in [0.15, 0.2) is 0 Å². The minimum atomic E-state index is -1.05. The maximum atomic E-state index is 13.7. The van der Waals surface area contributed by atoms with Crippen LogP contribution in [0.1, 0.15) is 25.1 Å². The van der Waals surface area contributed by atoms with Crippen molar-refractivity contribution in [2.24, 2.45) is 0 Å². The molecule has 7 nitrogen and oxygen atoms in total. The van der Waals surface area contributed by atoms with Crippen LogP contribution in [0.2, 0.25) is 0 Å². The van der Waals surface area contributed by atoms with Crippen molar-refractivity contribution in [3.8, 4) is 11.7 Å². The largest absolute Gasteiger partial charge is 0.457 e. The first-order valence-corrected chi connectivity index (χ1v) is 7.37. The Hall–Kier alpha value is -2.94. The highest BCUT2D eigenvalue weighted by Crippen LogP contribution is 2.19. The number of hydrogen-bond donors (Lipinski definition) is 1. The first-order valence-electron chi connectivity index (χ1n) is 7.37. The van der Waals surface area contributed by atoms with Crippen LogP contribution in [-0.4, -0.2) is 30.1 Å². The molecule has 2 aromatic heterocycles. The summed E-state index contributed by atoms with van der Waals surface area (Å²) >= 11 is 0. The average molecular weight is 347 g/mol. The van der Waals surface area contributed by atoms with E-state index in [1.807, 2.05) is 0 Å². The number of rotatable bonds is 5. The summed E-state index contributed by atoms with van der Waals surface area (Å²) in [6, 6.07) is 3.15. The zero-order valence-corrected chi connectivity index (χ0v) is 13.5. The first-order chi connectivity index (χ1) is 11.8. The molecule has 0 aliphatic carbocycles. The molecule has 25 heavy (non-hydrogen) atoms. The van der Waals surface area contributed by atoms with Crippen LogP contribution < -0.4 is 4.74 Å². The van der Waals surface area contributed by atoms with Gasteiger partial charge in [0.1, 0.15) is 29.6 Å². The van der Waals surface area contributed by atoms with Crippen LogP contribution >= 0.6 is 0 Å². The zero-order valence-electron chi connectivity index (χ0n) is 13.5. The van der Waals surface area contributed by atoms with Gasteiger partial charge in [0.2, 0.25) is 0 Å². The monoisotopic (exact) mass is 347 g/mol. The number of aliphatic hydroxyl groups is 1. The lowest BCUT2D eigenvalue weighted by Gasteiger charge is -2.16. The van der Waals surface area contributed by atoms with Gasteiger partial charge in [-0.3, -0.25) is 0 Å². The molecule has 3 aromatic rings. The lowest BCUT2D eigenvalue weighted by molar-refractivity contribution is 0.0775. The van der Waals surface area contributed by atoms with Crippen LogP contribution in [0.5, 0.6) is 6.01 Å². The topological polar surface area (TPSA) is 86.0 Å². The molecule has 9 heteroatoms. The first kappa shape index (κ1) is 16.9. The second-order valence-corrected chi connectivity index (χ2v) is 5.85. The van der Waals surface area contributed by atoms with Crippen LogP contribution in [0.4, 0.5) is 8.78 Å². The Balaban J connectivity index is 1.69. The van der Waals surface area contributed by atoms with Crippen LogP contribution in [0.15, 0.2) is 36.8 Å². The fraction of sp³-hybridized carbons (Fsp3) is 0.250. The molecule has 0 fully saturated rings. The van der Waals surface area contributed by atoms with Crippen LogP contribution in [0, 0.1) is 11.6 Å². The number of ether oxygens (including phenoxy) is 1. The maximum absolute atomic E-state index is 13.7. The lowest BCUT2D eigenvalue weighted by atomic mass is 10.0. The third-order valence-corrected chi connectivity index (χ3v) is 3.38. The number of nitrogens with zero attached hydrogens (tertiary/aromatic N) is 5. The molecule has 3 rings (SSSR count). The van der Waals surface area contributed by atoms with E-state index in [1.165, 1.54) is 18.6 Å². The second-order valence-electron chi connectivity index (χ2n) is 5.85. The Bertz CT molecular complexity index is 875. The minimum Gasteiger partial charge on any atom is -0.457 e. The molecule has 0 atom stereocenters. The molecule has 0 unspecified atom stereocenters. The van der Waals surface area contributed by atoms with Crippen molar-refractivity contribution in [1.82, 2.24) is 25.0 Å². The third-order valence-electron chi connectivity index (χ3n) is 3.38. The fourth-order valence-electron chi connectivity index (χ4n) is 1.99. The summed E-state index contributed by atoms with van der Waals surface area (Å²) in [5.41, 5.74) is -0.160. The SMILES string of the molecule is CC(C)(O)c1cnc(OCc2cn(-c3cc(F)ccc3F)nn2)nc1. The van der Waals surface area contributed by atoms with Gasteiger partial charge in [0.05, 0.1) is 11.8 Å². The summed E-state index contributed by atoms with van der Waals surface area (Å²) < 4.78 is 33.5.